The van der Waals surface area contributed by atoms with Gasteiger partial charge in [0.05, 0.1) is 10.7 Å². The zero-order chi connectivity index (χ0) is 20.7. The van der Waals surface area contributed by atoms with Gasteiger partial charge in [-0.2, -0.15) is 0 Å². The van der Waals surface area contributed by atoms with Crippen LogP contribution in [0, 0.1) is 10.5 Å². The SMILES string of the molecule is COc1ccc(C(=O)NC(=S)NNC(=O)COc2ccc(Cl)cc2C)cc1I. The van der Waals surface area contributed by atoms with Crippen LogP contribution in [0.5, 0.6) is 11.5 Å². The molecule has 148 valence electrons. The second-order valence-corrected chi connectivity index (χ2v) is 7.51. The molecule has 0 radical (unpaired) electrons. The number of aryl methyl sites for hydroxylation is 1. The Hall–Kier alpha value is -2.11. The first-order valence-corrected chi connectivity index (χ1v) is 9.79. The van der Waals surface area contributed by atoms with Crippen molar-refractivity contribution in [3.05, 3.63) is 56.1 Å². The summed E-state index contributed by atoms with van der Waals surface area (Å²) in [6, 6.07) is 10.0. The van der Waals surface area contributed by atoms with Crippen molar-refractivity contribution in [3.8, 4) is 11.5 Å². The van der Waals surface area contributed by atoms with E-state index in [2.05, 4.69) is 38.8 Å². The largest absolute Gasteiger partial charge is 0.496 e. The van der Waals surface area contributed by atoms with E-state index in [0.29, 0.717) is 22.1 Å². The van der Waals surface area contributed by atoms with E-state index in [1.165, 1.54) is 0 Å². The lowest BCUT2D eigenvalue weighted by Crippen LogP contribution is -2.49. The summed E-state index contributed by atoms with van der Waals surface area (Å²) in [7, 11) is 1.55. The van der Waals surface area contributed by atoms with E-state index in [1.807, 2.05) is 6.92 Å². The van der Waals surface area contributed by atoms with Gasteiger partial charge in [0.2, 0.25) is 0 Å². The van der Waals surface area contributed by atoms with E-state index >= 15 is 0 Å². The van der Waals surface area contributed by atoms with Crippen molar-refractivity contribution < 1.29 is 19.1 Å². The number of carbonyl (C=O) groups excluding carboxylic acids is 2. The second kappa shape index (κ2) is 10.4. The van der Waals surface area contributed by atoms with Crippen LogP contribution in [0.15, 0.2) is 36.4 Å². The molecule has 0 fully saturated rings. The summed E-state index contributed by atoms with van der Waals surface area (Å²) in [5.74, 6) is 0.330. The molecule has 0 unspecified atom stereocenters. The first-order valence-electron chi connectivity index (χ1n) is 7.93. The smallest absolute Gasteiger partial charge is 0.276 e. The molecule has 0 bridgehead atoms. The Morgan fingerprint density at radius 1 is 1.14 bits per heavy atom. The Bertz CT molecular complexity index is 910. The number of hydrazine groups is 1. The standard InChI is InChI=1S/C18H17ClIN3O4S/c1-10-7-12(19)4-6-14(10)27-9-16(24)22-23-18(28)21-17(25)11-3-5-15(26-2)13(20)8-11/h3-8H,9H2,1-2H3,(H,22,24)(H2,21,23,25,28). The molecule has 0 atom stereocenters. The molecule has 10 heteroatoms. The van der Waals surface area contributed by atoms with Crippen molar-refractivity contribution in [2.24, 2.45) is 0 Å². The molecule has 0 saturated heterocycles. The minimum absolute atomic E-state index is 0.0492. The number of hydrogen-bond acceptors (Lipinski definition) is 5. The molecule has 0 aliphatic heterocycles. The van der Waals surface area contributed by atoms with Crippen LogP contribution in [0.4, 0.5) is 0 Å². The number of ether oxygens (including phenoxy) is 2. The number of hydrogen-bond donors (Lipinski definition) is 3. The normalized spacial score (nSPS) is 10.0. The van der Waals surface area contributed by atoms with Crippen molar-refractivity contribution >= 4 is 63.3 Å². The minimum atomic E-state index is -0.468. The number of amides is 2. The molecule has 0 heterocycles. The van der Waals surface area contributed by atoms with Gasteiger partial charge in [-0.05, 0) is 83.7 Å². The molecule has 3 N–H and O–H groups in total. The number of nitrogens with one attached hydrogen (secondary N) is 3. The summed E-state index contributed by atoms with van der Waals surface area (Å²) < 4.78 is 11.4. The quantitative estimate of drug-likeness (QED) is 0.311. The average Bonchev–Trinajstić information content (AvgIpc) is 2.65. The Balaban J connectivity index is 1.79. The lowest BCUT2D eigenvalue weighted by molar-refractivity contribution is -0.123. The van der Waals surface area contributed by atoms with Crippen molar-refractivity contribution in [3.63, 3.8) is 0 Å². The van der Waals surface area contributed by atoms with Crippen molar-refractivity contribution in [2.75, 3.05) is 13.7 Å². The van der Waals surface area contributed by atoms with Gasteiger partial charge in [-0.25, -0.2) is 0 Å². The molecular weight excluding hydrogens is 517 g/mol. The summed E-state index contributed by atoms with van der Waals surface area (Å²) in [6.45, 7) is 1.59. The highest BCUT2D eigenvalue weighted by Gasteiger charge is 2.11. The summed E-state index contributed by atoms with van der Waals surface area (Å²) >= 11 is 12.9. The predicted molar refractivity (Wildman–Crippen MR) is 119 cm³/mol. The molecule has 0 aliphatic carbocycles. The van der Waals surface area contributed by atoms with Gasteiger partial charge in [-0.1, -0.05) is 11.6 Å². The summed E-state index contributed by atoms with van der Waals surface area (Å²) in [4.78, 5) is 24.1. The first kappa shape index (κ1) is 22.2. The van der Waals surface area contributed by atoms with E-state index in [9.17, 15) is 9.59 Å². The van der Waals surface area contributed by atoms with Crippen molar-refractivity contribution in [1.82, 2.24) is 16.2 Å². The van der Waals surface area contributed by atoms with Crippen LogP contribution in [-0.4, -0.2) is 30.6 Å². The maximum Gasteiger partial charge on any atom is 0.276 e. The highest BCUT2D eigenvalue weighted by Crippen LogP contribution is 2.22. The Morgan fingerprint density at radius 3 is 2.50 bits per heavy atom. The monoisotopic (exact) mass is 533 g/mol. The zero-order valence-electron chi connectivity index (χ0n) is 15.0. The Labute approximate surface area is 186 Å². The van der Waals surface area contributed by atoms with E-state index in [1.54, 1.807) is 43.5 Å². The fraction of sp³-hybridized carbons (Fsp3) is 0.167. The number of halogens is 2. The minimum Gasteiger partial charge on any atom is -0.496 e. The van der Waals surface area contributed by atoms with E-state index in [4.69, 9.17) is 33.3 Å². The molecule has 0 saturated carbocycles. The molecule has 0 aromatic heterocycles. The molecular formula is C18H17ClIN3O4S. The number of benzene rings is 2. The topological polar surface area (TPSA) is 88.7 Å². The van der Waals surface area contributed by atoms with Crippen molar-refractivity contribution in [1.29, 1.82) is 0 Å². The number of methoxy groups -OCH3 is 1. The van der Waals surface area contributed by atoms with Gasteiger partial charge in [-0.15, -0.1) is 0 Å². The molecule has 2 aromatic carbocycles. The van der Waals surface area contributed by atoms with Gasteiger partial charge in [0.15, 0.2) is 11.7 Å². The fourth-order valence-electron chi connectivity index (χ4n) is 2.09. The van der Waals surface area contributed by atoms with Crippen LogP contribution < -0.4 is 25.6 Å². The van der Waals surface area contributed by atoms with Crippen LogP contribution in [0.25, 0.3) is 0 Å². The Morgan fingerprint density at radius 2 is 1.86 bits per heavy atom. The molecule has 7 nitrogen and oxygen atoms in total. The maximum absolute atomic E-state index is 12.2. The van der Waals surface area contributed by atoms with E-state index < -0.39 is 11.8 Å². The summed E-state index contributed by atoms with van der Waals surface area (Å²) in [6.07, 6.45) is 0. The maximum atomic E-state index is 12.2. The number of rotatable bonds is 5. The van der Waals surface area contributed by atoms with Gasteiger partial charge < -0.3 is 9.47 Å². The molecule has 2 aromatic rings. The summed E-state index contributed by atoms with van der Waals surface area (Å²) in [5, 5.41) is 3.01. The lowest BCUT2D eigenvalue weighted by Gasteiger charge is -2.12. The van der Waals surface area contributed by atoms with Gasteiger partial charge in [-0.3, -0.25) is 25.8 Å². The van der Waals surface area contributed by atoms with Crippen molar-refractivity contribution in [2.45, 2.75) is 6.92 Å². The Kier molecular flexibility index (Phi) is 8.27. The highest BCUT2D eigenvalue weighted by atomic mass is 127. The molecule has 2 rings (SSSR count). The van der Waals surface area contributed by atoms with Crippen LogP contribution in [0.3, 0.4) is 0 Å². The molecule has 28 heavy (non-hydrogen) atoms. The summed E-state index contributed by atoms with van der Waals surface area (Å²) in [5.41, 5.74) is 6.02. The van der Waals surface area contributed by atoms with Gasteiger partial charge in [0.25, 0.3) is 11.8 Å². The van der Waals surface area contributed by atoms with Gasteiger partial charge >= 0.3 is 0 Å². The second-order valence-electron chi connectivity index (χ2n) is 5.50. The van der Waals surface area contributed by atoms with Gasteiger partial charge in [0, 0.05) is 10.6 Å². The van der Waals surface area contributed by atoms with Gasteiger partial charge in [0.1, 0.15) is 11.5 Å². The third kappa shape index (κ3) is 6.50. The fourth-order valence-corrected chi connectivity index (χ4v) is 3.20. The highest BCUT2D eigenvalue weighted by molar-refractivity contribution is 14.1. The number of thiocarbonyl (C=S) groups is 1. The average molecular weight is 534 g/mol. The van der Waals surface area contributed by atoms with Crippen LogP contribution in [0.1, 0.15) is 15.9 Å². The van der Waals surface area contributed by atoms with Crippen LogP contribution >= 0.6 is 46.4 Å². The van der Waals surface area contributed by atoms with Crippen LogP contribution in [-0.2, 0) is 4.79 Å². The zero-order valence-corrected chi connectivity index (χ0v) is 18.7. The first-order chi connectivity index (χ1) is 13.3. The van der Waals surface area contributed by atoms with E-state index in [0.717, 1.165) is 9.13 Å². The van der Waals surface area contributed by atoms with Crippen LogP contribution in [0.2, 0.25) is 5.02 Å². The molecule has 0 spiro atoms. The third-order valence-corrected chi connectivity index (χ3v) is 4.73. The van der Waals surface area contributed by atoms with E-state index in [-0.39, 0.29) is 11.7 Å². The molecule has 0 aliphatic rings. The molecule has 2 amide bonds. The number of carbonyl (C=O) groups is 2. The predicted octanol–water partition coefficient (Wildman–Crippen LogP) is 2.98. The third-order valence-electron chi connectivity index (χ3n) is 3.45. The lowest BCUT2D eigenvalue weighted by atomic mass is 10.2.